The van der Waals surface area contributed by atoms with Crippen LogP contribution < -0.4 is 9.47 Å². The lowest BCUT2D eigenvalue weighted by molar-refractivity contribution is 0.264. The maximum atomic E-state index is 6.36. The van der Waals surface area contributed by atoms with Gasteiger partial charge in [0.25, 0.3) is 0 Å². The van der Waals surface area contributed by atoms with Crippen molar-refractivity contribution in [3.05, 3.63) is 48.0 Å². The second kappa shape index (κ2) is 7.61. The predicted molar refractivity (Wildman–Crippen MR) is 111 cm³/mol. The third kappa shape index (κ3) is 3.54. The van der Waals surface area contributed by atoms with Gasteiger partial charge in [0, 0.05) is 21.5 Å². The summed E-state index contributed by atoms with van der Waals surface area (Å²) in [6.45, 7) is 5.00. The van der Waals surface area contributed by atoms with Crippen molar-refractivity contribution in [1.29, 1.82) is 0 Å². The number of rotatable bonds is 9. The van der Waals surface area contributed by atoms with Crippen molar-refractivity contribution in [3.63, 3.8) is 0 Å². The van der Waals surface area contributed by atoms with Crippen LogP contribution in [0.15, 0.2) is 42.5 Å². The number of unbranched alkanes of at least 4 members (excludes halogenated alkanes) is 1. The molecule has 2 aliphatic heterocycles. The first-order valence-corrected chi connectivity index (χ1v) is 10.3. The topological polar surface area (TPSA) is 43.5 Å². The molecule has 0 spiro atoms. The average Bonchev–Trinajstić information content (AvgIpc) is 3.63. The molecule has 0 N–H and O–H groups in total. The maximum Gasteiger partial charge on any atom is 0.135 e. The van der Waals surface area contributed by atoms with Gasteiger partial charge in [-0.15, -0.1) is 0 Å². The smallest absolute Gasteiger partial charge is 0.135 e. The second-order valence-electron chi connectivity index (χ2n) is 7.68. The SMILES string of the molecule is CCCCc1cccc2c(OCC3CO3)c3ccccc3c(OCC3CO3)c12. The monoisotopic (exact) mass is 378 g/mol. The first-order chi connectivity index (χ1) is 13.8. The van der Waals surface area contributed by atoms with Crippen LogP contribution in [-0.2, 0) is 15.9 Å². The Balaban J connectivity index is 1.70. The molecule has 0 aromatic heterocycles. The van der Waals surface area contributed by atoms with Crippen LogP contribution in [0.25, 0.3) is 21.5 Å². The lowest BCUT2D eigenvalue weighted by Crippen LogP contribution is -2.08. The molecule has 2 fully saturated rings. The number of ether oxygens (including phenoxy) is 4. The van der Waals surface area contributed by atoms with Crippen LogP contribution in [0.3, 0.4) is 0 Å². The molecule has 0 amide bonds. The molecule has 0 aliphatic carbocycles. The molecule has 146 valence electrons. The number of fused-ring (bicyclic) bond motifs is 2. The first kappa shape index (κ1) is 17.8. The summed E-state index contributed by atoms with van der Waals surface area (Å²) >= 11 is 0. The molecule has 2 atom stereocenters. The van der Waals surface area contributed by atoms with Crippen molar-refractivity contribution >= 4 is 21.5 Å². The number of hydrogen-bond donors (Lipinski definition) is 0. The normalized spacial score (nSPS) is 20.5. The van der Waals surface area contributed by atoms with Crippen LogP contribution in [0.1, 0.15) is 25.3 Å². The Kier molecular flexibility index (Phi) is 4.83. The van der Waals surface area contributed by atoms with E-state index in [9.17, 15) is 0 Å². The Morgan fingerprint density at radius 3 is 2.07 bits per heavy atom. The Morgan fingerprint density at radius 1 is 0.821 bits per heavy atom. The highest BCUT2D eigenvalue weighted by molar-refractivity contribution is 6.12. The summed E-state index contributed by atoms with van der Waals surface area (Å²) in [5.41, 5.74) is 1.32. The van der Waals surface area contributed by atoms with Crippen LogP contribution in [0.4, 0.5) is 0 Å². The van der Waals surface area contributed by atoms with E-state index < -0.39 is 0 Å². The molecule has 2 saturated heterocycles. The second-order valence-corrected chi connectivity index (χ2v) is 7.68. The van der Waals surface area contributed by atoms with E-state index >= 15 is 0 Å². The van der Waals surface area contributed by atoms with Gasteiger partial charge in [-0.05, 0) is 18.4 Å². The van der Waals surface area contributed by atoms with Gasteiger partial charge in [0.15, 0.2) is 0 Å². The quantitative estimate of drug-likeness (QED) is 0.393. The van der Waals surface area contributed by atoms with Gasteiger partial charge in [0.05, 0.1) is 13.2 Å². The Hall–Kier alpha value is -2.30. The largest absolute Gasteiger partial charge is 0.489 e. The zero-order chi connectivity index (χ0) is 18.9. The summed E-state index contributed by atoms with van der Waals surface area (Å²) in [5.74, 6) is 1.90. The molecule has 2 unspecified atom stereocenters. The highest BCUT2D eigenvalue weighted by Crippen LogP contribution is 2.45. The third-order valence-electron chi connectivity index (χ3n) is 5.47. The van der Waals surface area contributed by atoms with E-state index in [0.717, 1.165) is 53.7 Å². The van der Waals surface area contributed by atoms with Crippen LogP contribution in [0, 0.1) is 0 Å². The van der Waals surface area contributed by atoms with Gasteiger partial charge in [-0.2, -0.15) is 0 Å². The van der Waals surface area contributed by atoms with E-state index in [4.69, 9.17) is 18.9 Å². The summed E-state index contributed by atoms with van der Waals surface area (Å²) in [6, 6.07) is 14.9. The average molecular weight is 378 g/mol. The first-order valence-electron chi connectivity index (χ1n) is 10.3. The van der Waals surface area contributed by atoms with Crippen molar-refractivity contribution in [2.24, 2.45) is 0 Å². The van der Waals surface area contributed by atoms with Gasteiger partial charge >= 0.3 is 0 Å². The lowest BCUT2D eigenvalue weighted by atomic mass is 9.94. The highest BCUT2D eigenvalue weighted by Gasteiger charge is 2.27. The zero-order valence-electron chi connectivity index (χ0n) is 16.3. The Labute approximate surface area is 165 Å². The summed E-state index contributed by atoms with van der Waals surface area (Å²) in [7, 11) is 0. The maximum absolute atomic E-state index is 6.36. The fourth-order valence-electron chi connectivity index (χ4n) is 3.78. The van der Waals surface area contributed by atoms with E-state index in [0.29, 0.717) is 13.2 Å². The molecule has 3 aromatic carbocycles. The summed E-state index contributed by atoms with van der Waals surface area (Å²) < 4.78 is 23.4. The van der Waals surface area contributed by atoms with E-state index in [2.05, 4.69) is 49.4 Å². The van der Waals surface area contributed by atoms with Gasteiger partial charge in [-0.3, -0.25) is 0 Å². The van der Waals surface area contributed by atoms with Gasteiger partial charge in [-0.25, -0.2) is 0 Å². The van der Waals surface area contributed by atoms with Crippen LogP contribution in [0.5, 0.6) is 11.5 Å². The lowest BCUT2D eigenvalue weighted by Gasteiger charge is -2.19. The molecule has 28 heavy (non-hydrogen) atoms. The van der Waals surface area contributed by atoms with E-state index in [1.807, 2.05) is 0 Å². The molecule has 4 heteroatoms. The predicted octanol–water partition coefficient (Wildman–Crippen LogP) is 4.89. The van der Waals surface area contributed by atoms with Crippen molar-refractivity contribution in [1.82, 2.24) is 0 Å². The van der Waals surface area contributed by atoms with Gasteiger partial charge < -0.3 is 18.9 Å². The van der Waals surface area contributed by atoms with Gasteiger partial charge in [-0.1, -0.05) is 55.8 Å². The molecule has 2 heterocycles. The molecule has 5 rings (SSSR count). The van der Waals surface area contributed by atoms with E-state index in [-0.39, 0.29) is 12.2 Å². The number of epoxide rings is 2. The van der Waals surface area contributed by atoms with Crippen molar-refractivity contribution in [2.45, 2.75) is 38.4 Å². The van der Waals surface area contributed by atoms with Gasteiger partial charge in [0.2, 0.25) is 0 Å². The minimum Gasteiger partial charge on any atom is -0.489 e. The number of hydrogen-bond acceptors (Lipinski definition) is 4. The van der Waals surface area contributed by atoms with Crippen molar-refractivity contribution in [2.75, 3.05) is 26.4 Å². The molecular weight excluding hydrogens is 352 g/mol. The van der Waals surface area contributed by atoms with E-state index in [1.165, 1.54) is 17.4 Å². The van der Waals surface area contributed by atoms with Gasteiger partial charge in [0.1, 0.15) is 36.9 Å². The molecule has 3 aromatic rings. The molecule has 2 aliphatic rings. The Morgan fingerprint density at radius 2 is 1.43 bits per heavy atom. The fraction of sp³-hybridized carbons (Fsp3) is 0.417. The number of aryl methyl sites for hydroxylation is 1. The van der Waals surface area contributed by atoms with Crippen LogP contribution in [0.2, 0.25) is 0 Å². The molecular formula is C24H26O4. The minimum absolute atomic E-state index is 0.222. The molecule has 0 radical (unpaired) electrons. The zero-order valence-corrected chi connectivity index (χ0v) is 16.3. The molecule has 0 saturated carbocycles. The summed E-state index contributed by atoms with van der Waals surface area (Å²) in [6.07, 6.45) is 3.80. The summed E-state index contributed by atoms with van der Waals surface area (Å²) in [4.78, 5) is 0. The van der Waals surface area contributed by atoms with E-state index in [1.54, 1.807) is 0 Å². The Bertz CT molecular complexity index is 989. The van der Waals surface area contributed by atoms with Crippen molar-refractivity contribution in [3.8, 4) is 11.5 Å². The molecule has 0 bridgehead atoms. The van der Waals surface area contributed by atoms with Crippen LogP contribution in [-0.4, -0.2) is 38.6 Å². The summed E-state index contributed by atoms with van der Waals surface area (Å²) in [5, 5.41) is 4.50. The molecule has 4 nitrogen and oxygen atoms in total. The fourth-order valence-corrected chi connectivity index (χ4v) is 3.78. The highest BCUT2D eigenvalue weighted by atomic mass is 16.6. The minimum atomic E-state index is 0.222. The van der Waals surface area contributed by atoms with Crippen molar-refractivity contribution < 1.29 is 18.9 Å². The van der Waals surface area contributed by atoms with Crippen LogP contribution >= 0.6 is 0 Å². The standard InChI is InChI=1S/C24H26O4/c1-2-3-7-16-8-6-11-21-22(16)24(28-15-18-13-26-18)20-10-5-4-9-19(20)23(21)27-14-17-12-25-17/h4-6,8-11,17-18H,2-3,7,12-15H2,1H3. The third-order valence-corrected chi connectivity index (χ3v) is 5.47. The number of benzene rings is 3.